The molecule has 1 atom stereocenters. The maximum Gasteiger partial charge on any atom is 0.303 e. The van der Waals surface area contributed by atoms with Gasteiger partial charge in [0.2, 0.25) is 5.91 Å². The Morgan fingerprint density at radius 2 is 2.10 bits per heavy atom. The van der Waals surface area contributed by atoms with Gasteiger partial charge in [0.05, 0.1) is 11.6 Å². The maximum atomic E-state index is 13.5. The summed E-state index contributed by atoms with van der Waals surface area (Å²) in [6.07, 6.45) is -0.0941. The second-order valence-corrected chi connectivity index (χ2v) is 4.70. The van der Waals surface area contributed by atoms with E-state index in [0.29, 0.717) is 0 Å². The number of carboxylic acid groups (broad SMARTS) is 1. The van der Waals surface area contributed by atoms with E-state index in [0.717, 1.165) is 6.07 Å². The Bertz CT molecular complexity index is 579. The van der Waals surface area contributed by atoms with Crippen LogP contribution in [0.3, 0.4) is 0 Å². The standard InChI is InChI=1S/C14H15FN2O3/c1-8(4-14(19)20)3-13(18)17-12-6-10(7-16)5-11(15)9(12)2/h5-6,8H,3-4H2,1-2H3,(H,17,18)(H,19,20). The summed E-state index contributed by atoms with van der Waals surface area (Å²) in [4.78, 5) is 22.3. The van der Waals surface area contributed by atoms with Crippen LogP contribution in [0.5, 0.6) is 0 Å². The SMILES string of the molecule is Cc1c(F)cc(C#N)cc1NC(=O)CC(C)CC(=O)O. The van der Waals surface area contributed by atoms with Gasteiger partial charge in [-0.1, -0.05) is 6.92 Å². The van der Waals surface area contributed by atoms with Crippen LogP contribution in [0, 0.1) is 30.0 Å². The number of nitriles is 1. The van der Waals surface area contributed by atoms with Gasteiger partial charge in [0.25, 0.3) is 0 Å². The summed E-state index contributed by atoms with van der Waals surface area (Å²) in [7, 11) is 0. The van der Waals surface area contributed by atoms with E-state index in [9.17, 15) is 14.0 Å². The number of hydrogen-bond acceptors (Lipinski definition) is 3. The summed E-state index contributed by atoms with van der Waals surface area (Å²) >= 11 is 0. The highest BCUT2D eigenvalue weighted by Gasteiger charge is 2.15. The highest BCUT2D eigenvalue weighted by molar-refractivity contribution is 5.92. The van der Waals surface area contributed by atoms with E-state index in [1.54, 1.807) is 13.0 Å². The molecule has 6 heteroatoms. The van der Waals surface area contributed by atoms with Crippen molar-refractivity contribution in [1.29, 1.82) is 5.26 Å². The lowest BCUT2D eigenvalue weighted by Crippen LogP contribution is -2.17. The predicted molar refractivity (Wildman–Crippen MR) is 70.5 cm³/mol. The van der Waals surface area contributed by atoms with Crippen LogP contribution in [0.2, 0.25) is 0 Å². The Hall–Kier alpha value is -2.42. The highest BCUT2D eigenvalue weighted by Crippen LogP contribution is 2.21. The van der Waals surface area contributed by atoms with E-state index >= 15 is 0 Å². The summed E-state index contributed by atoms with van der Waals surface area (Å²) < 4.78 is 13.5. The first-order valence-corrected chi connectivity index (χ1v) is 6.05. The molecule has 1 aromatic rings. The third kappa shape index (κ3) is 4.35. The van der Waals surface area contributed by atoms with Crippen LogP contribution in [-0.4, -0.2) is 17.0 Å². The lowest BCUT2D eigenvalue weighted by molar-refractivity contribution is -0.138. The van der Waals surface area contributed by atoms with E-state index in [4.69, 9.17) is 10.4 Å². The van der Waals surface area contributed by atoms with Crippen LogP contribution in [0.25, 0.3) is 0 Å². The zero-order valence-corrected chi connectivity index (χ0v) is 11.2. The Kier molecular flexibility index (Phi) is 5.21. The molecule has 1 amide bonds. The van der Waals surface area contributed by atoms with Crippen LogP contribution < -0.4 is 5.32 Å². The quantitative estimate of drug-likeness (QED) is 0.865. The van der Waals surface area contributed by atoms with Crippen molar-refractivity contribution in [1.82, 2.24) is 0 Å². The van der Waals surface area contributed by atoms with Gasteiger partial charge in [0.15, 0.2) is 0 Å². The molecule has 20 heavy (non-hydrogen) atoms. The van der Waals surface area contributed by atoms with Crippen molar-refractivity contribution in [3.63, 3.8) is 0 Å². The number of rotatable bonds is 5. The molecule has 0 spiro atoms. The molecule has 5 nitrogen and oxygen atoms in total. The first-order valence-electron chi connectivity index (χ1n) is 6.05. The summed E-state index contributed by atoms with van der Waals surface area (Å²) in [5.41, 5.74) is 0.583. The fourth-order valence-corrected chi connectivity index (χ4v) is 1.76. The molecule has 1 unspecified atom stereocenters. The van der Waals surface area contributed by atoms with Gasteiger partial charge in [0, 0.05) is 24.1 Å². The number of carbonyl (C=O) groups is 2. The van der Waals surface area contributed by atoms with Crippen molar-refractivity contribution in [3.8, 4) is 6.07 Å². The number of nitrogens with zero attached hydrogens (tertiary/aromatic N) is 1. The van der Waals surface area contributed by atoms with Crippen LogP contribution in [-0.2, 0) is 9.59 Å². The minimum absolute atomic E-state index is 0.0180. The summed E-state index contributed by atoms with van der Waals surface area (Å²) in [6.45, 7) is 3.14. The van der Waals surface area contributed by atoms with E-state index in [1.807, 2.05) is 0 Å². The second kappa shape index (κ2) is 6.66. The zero-order valence-electron chi connectivity index (χ0n) is 11.2. The number of carbonyl (C=O) groups excluding carboxylic acids is 1. The number of amides is 1. The average Bonchev–Trinajstić information content (AvgIpc) is 2.33. The topological polar surface area (TPSA) is 90.2 Å². The van der Waals surface area contributed by atoms with Gasteiger partial charge in [-0.15, -0.1) is 0 Å². The minimum Gasteiger partial charge on any atom is -0.481 e. The van der Waals surface area contributed by atoms with Gasteiger partial charge in [-0.05, 0) is 25.0 Å². The third-order valence-electron chi connectivity index (χ3n) is 2.80. The first kappa shape index (κ1) is 15.6. The molecule has 0 bridgehead atoms. The molecule has 0 saturated carbocycles. The third-order valence-corrected chi connectivity index (χ3v) is 2.80. The molecule has 0 aliphatic heterocycles. The Morgan fingerprint density at radius 3 is 2.65 bits per heavy atom. The Morgan fingerprint density at radius 1 is 1.45 bits per heavy atom. The van der Waals surface area contributed by atoms with Gasteiger partial charge in [0.1, 0.15) is 5.82 Å². The number of aliphatic carboxylic acids is 1. The largest absolute Gasteiger partial charge is 0.481 e. The summed E-state index contributed by atoms with van der Waals surface area (Å²) in [6, 6.07) is 4.29. The van der Waals surface area contributed by atoms with Crippen LogP contribution in [0.1, 0.15) is 30.9 Å². The monoisotopic (exact) mass is 278 g/mol. The smallest absolute Gasteiger partial charge is 0.303 e. The average molecular weight is 278 g/mol. The minimum atomic E-state index is -0.973. The molecule has 1 rings (SSSR count). The van der Waals surface area contributed by atoms with E-state index in [2.05, 4.69) is 5.32 Å². The Balaban J connectivity index is 2.78. The summed E-state index contributed by atoms with van der Waals surface area (Å²) in [5.74, 6) is -2.27. The fourth-order valence-electron chi connectivity index (χ4n) is 1.76. The molecule has 0 fully saturated rings. The van der Waals surface area contributed by atoms with Gasteiger partial charge < -0.3 is 10.4 Å². The molecule has 106 valence electrons. The maximum absolute atomic E-state index is 13.5. The number of benzene rings is 1. The highest BCUT2D eigenvalue weighted by atomic mass is 19.1. The van der Waals surface area contributed by atoms with Crippen molar-refractivity contribution in [3.05, 3.63) is 29.1 Å². The van der Waals surface area contributed by atoms with Gasteiger partial charge >= 0.3 is 5.97 Å². The number of carboxylic acids is 1. The van der Waals surface area contributed by atoms with Crippen LogP contribution in [0.4, 0.5) is 10.1 Å². The van der Waals surface area contributed by atoms with E-state index < -0.39 is 17.7 Å². The molecule has 1 aromatic carbocycles. The summed E-state index contributed by atoms with van der Waals surface area (Å²) in [5, 5.41) is 19.9. The number of anilines is 1. The first-order chi connectivity index (χ1) is 9.33. The molecular formula is C14H15FN2O3. The number of hydrogen-bond donors (Lipinski definition) is 2. The molecule has 0 aromatic heterocycles. The molecule has 2 N–H and O–H groups in total. The van der Waals surface area contributed by atoms with Crippen molar-refractivity contribution in [2.45, 2.75) is 26.7 Å². The van der Waals surface area contributed by atoms with Gasteiger partial charge in [-0.2, -0.15) is 5.26 Å². The predicted octanol–water partition coefficient (Wildman–Crippen LogP) is 2.45. The molecule has 0 radical (unpaired) electrons. The number of nitrogens with one attached hydrogen (secondary N) is 1. The molecule has 0 saturated heterocycles. The fraction of sp³-hybridized carbons (Fsp3) is 0.357. The van der Waals surface area contributed by atoms with Crippen molar-refractivity contribution < 1.29 is 19.1 Å². The van der Waals surface area contributed by atoms with Crippen molar-refractivity contribution >= 4 is 17.6 Å². The van der Waals surface area contributed by atoms with E-state index in [1.165, 1.54) is 13.0 Å². The zero-order chi connectivity index (χ0) is 15.3. The molecule has 0 heterocycles. The molecule has 0 aliphatic carbocycles. The lowest BCUT2D eigenvalue weighted by Gasteiger charge is -2.12. The van der Waals surface area contributed by atoms with E-state index in [-0.39, 0.29) is 35.6 Å². The normalized spacial score (nSPS) is 11.5. The van der Waals surface area contributed by atoms with Gasteiger partial charge in [-0.3, -0.25) is 9.59 Å². The molecule has 0 aliphatic rings. The van der Waals surface area contributed by atoms with Crippen LogP contribution >= 0.6 is 0 Å². The van der Waals surface area contributed by atoms with Crippen LogP contribution in [0.15, 0.2) is 12.1 Å². The second-order valence-electron chi connectivity index (χ2n) is 4.70. The lowest BCUT2D eigenvalue weighted by atomic mass is 10.0. The van der Waals surface area contributed by atoms with Crippen molar-refractivity contribution in [2.75, 3.05) is 5.32 Å². The molecular weight excluding hydrogens is 263 g/mol. The Labute approximate surface area is 116 Å². The van der Waals surface area contributed by atoms with Gasteiger partial charge in [-0.25, -0.2) is 4.39 Å². The number of halogens is 1. The van der Waals surface area contributed by atoms with Crippen molar-refractivity contribution in [2.24, 2.45) is 5.92 Å².